The van der Waals surface area contributed by atoms with Gasteiger partial charge in [0.2, 0.25) is 0 Å². The van der Waals surface area contributed by atoms with E-state index in [1.807, 2.05) is 0 Å². The predicted molar refractivity (Wildman–Crippen MR) is 42.8 cm³/mol. The van der Waals surface area contributed by atoms with Crippen molar-refractivity contribution in [2.75, 3.05) is 13.1 Å². The molecule has 1 N–H and O–H groups in total. The summed E-state index contributed by atoms with van der Waals surface area (Å²) in [5.41, 5.74) is 1.65. The van der Waals surface area contributed by atoms with Crippen molar-refractivity contribution in [2.45, 2.75) is 12.8 Å². The van der Waals surface area contributed by atoms with Gasteiger partial charge in [0.1, 0.15) is 0 Å². The second-order valence-electron chi connectivity index (χ2n) is 3.06. The van der Waals surface area contributed by atoms with E-state index in [9.17, 15) is 0 Å². The number of allylic oxidation sites excluding steroid dienone is 3. The summed E-state index contributed by atoms with van der Waals surface area (Å²) in [6.07, 6.45) is 9.27. The third-order valence-electron chi connectivity index (χ3n) is 2.35. The van der Waals surface area contributed by atoms with E-state index < -0.39 is 0 Å². The molecular formula is C9H13N. The second kappa shape index (κ2) is 2.59. The molecule has 10 heavy (non-hydrogen) atoms. The minimum absolute atomic E-state index is 0.866. The van der Waals surface area contributed by atoms with Gasteiger partial charge in [0.15, 0.2) is 0 Å². The highest BCUT2D eigenvalue weighted by atomic mass is 14.9. The lowest BCUT2D eigenvalue weighted by Gasteiger charge is -2.30. The molecule has 0 atom stereocenters. The number of rotatable bonds is 1. The third-order valence-corrected chi connectivity index (χ3v) is 2.35. The Morgan fingerprint density at radius 3 is 2.80 bits per heavy atom. The van der Waals surface area contributed by atoms with Crippen molar-refractivity contribution < 1.29 is 0 Å². The fraction of sp³-hybridized carbons (Fsp3) is 0.556. The summed E-state index contributed by atoms with van der Waals surface area (Å²) < 4.78 is 0. The SMILES string of the molecule is C1=CCCC(C2CNC2)=C1. The Bertz CT molecular complexity index is 175. The lowest BCUT2D eigenvalue weighted by atomic mass is 9.88. The maximum Gasteiger partial charge on any atom is 0.00506 e. The van der Waals surface area contributed by atoms with Gasteiger partial charge in [-0.15, -0.1) is 0 Å². The van der Waals surface area contributed by atoms with Crippen molar-refractivity contribution in [3.63, 3.8) is 0 Å². The van der Waals surface area contributed by atoms with Crippen LogP contribution in [0.3, 0.4) is 0 Å². The van der Waals surface area contributed by atoms with Gasteiger partial charge in [-0.25, -0.2) is 0 Å². The number of nitrogens with one attached hydrogen (secondary N) is 1. The Morgan fingerprint density at radius 1 is 1.40 bits per heavy atom. The van der Waals surface area contributed by atoms with E-state index in [2.05, 4.69) is 23.5 Å². The first kappa shape index (κ1) is 6.17. The minimum atomic E-state index is 0.866. The van der Waals surface area contributed by atoms with Gasteiger partial charge in [0.05, 0.1) is 0 Å². The minimum Gasteiger partial charge on any atom is -0.315 e. The zero-order valence-electron chi connectivity index (χ0n) is 6.14. The van der Waals surface area contributed by atoms with Crippen molar-refractivity contribution in [1.29, 1.82) is 0 Å². The van der Waals surface area contributed by atoms with Gasteiger partial charge >= 0.3 is 0 Å². The van der Waals surface area contributed by atoms with Gasteiger partial charge < -0.3 is 5.32 Å². The van der Waals surface area contributed by atoms with E-state index in [0.29, 0.717) is 0 Å². The van der Waals surface area contributed by atoms with Crippen LogP contribution in [0.2, 0.25) is 0 Å². The molecular weight excluding hydrogens is 122 g/mol. The average Bonchev–Trinajstić information content (AvgIpc) is 1.86. The second-order valence-corrected chi connectivity index (χ2v) is 3.06. The fourth-order valence-electron chi connectivity index (χ4n) is 1.51. The lowest BCUT2D eigenvalue weighted by molar-refractivity contribution is 0.389. The quantitative estimate of drug-likeness (QED) is 0.574. The molecule has 0 aromatic carbocycles. The largest absolute Gasteiger partial charge is 0.315 e. The van der Waals surface area contributed by atoms with E-state index in [1.165, 1.54) is 25.9 Å². The molecule has 1 nitrogen and oxygen atoms in total. The summed E-state index contributed by atoms with van der Waals surface area (Å²) in [5, 5.41) is 3.29. The maximum atomic E-state index is 3.29. The maximum absolute atomic E-state index is 3.29. The van der Waals surface area contributed by atoms with Crippen LogP contribution in [-0.2, 0) is 0 Å². The van der Waals surface area contributed by atoms with Gasteiger partial charge in [0, 0.05) is 19.0 Å². The van der Waals surface area contributed by atoms with Gasteiger partial charge in [-0.1, -0.05) is 23.8 Å². The zero-order chi connectivity index (χ0) is 6.81. The van der Waals surface area contributed by atoms with Crippen molar-refractivity contribution in [2.24, 2.45) is 5.92 Å². The fourth-order valence-corrected chi connectivity index (χ4v) is 1.51. The van der Waals surface area contributed by atoms with E-state index in [0.717, 1.165) is 5.92 Å². The Hall–Kier alpha value is -0.560. The molecule has 1 fully saturated rings. The average molecular weight is 135 g/mol. The van der Waals surface area contributed by atoms with Crippen LogP contribution in [0.1, 0.15) is 12.8 Å². The smallest absolute Gasteiger partial charge is 0.00506 e. The molecule has 1 heteroatoms. The molecule has 0 radical (unpaired) electrons. The summed E-state index contributed by atoms with van der Waals surface area (Å²) in [7, 11) is 0. The van der Waals surface area contributed by atoms with Crippen molar-refractivity contribution >= 4 is 0 Å². The lowest BCUT2D eigenvalue weighted by Crippen LogP contribution is -2.43. The van der Waals surface area contributed by atoms with Crippen LogP contribution in [-0.4, -0.2) is 13.1 Å². The normalized spacial score (nSPS) is 25.8. The first-order chi connectivity index (χ1) is 4.97. The van der Waals surface area contributed by atoms with Crippen LogP contribution in [0.5, 0.6) is 0 Å². The highest BCUT2D eigenvalue weighted by molar-refractivity contribution is 5.22. The number of hydrogen-bond donors (Lipinski definition) is 1. The third kappa shape index (κ3) is 1.01. The molecule has 0 amide bonds. The molecule has 0 spiro atoms. The molecule has 1 aliphatic carbocycles. The van der Waals surface area contributed by atoms with Crippen LogP contribution < -0.4 is 5.32 Å². The molecule has 0 unspecified atom stereocenters. The van der Waals surface area contributed by atoms with Crippen LogP contribution in [0, 0.1) is 5.92 Å². The summed E-state index contributed by atoms with van der Waals surface area (Å²) in [6.45, 7) is 2.42. The van der Waals surface area contributed by atoms with Crippen molar-refractivity contribution in [3.8, 4) is 0 Å². The van der Waals surface area contributed by atoms with Crippen LogP contribution in [0.15, 0.2) is 23.8 Å². The molecule has 1 saturated heterocycles. The van der Waals surface area contributed by atoms with Crippen molar-refractivity contribution in [3.05, 3.63) is 23.8 Å². The summed E-state index contributed by atoms with van der Waals surface area (Å²) in [5.74, 6) is 0.866. The molecule has 1 aliphatic heterocycles. The summed E-state index contributed by atoms with van der Waals surface area (Å²) in [6, 6.07) is 0. The molecule has 0 bridgehead atoms. The molecule has 0 aromatic heterocycles. The predicted octanol–water partition coefficient (Wildman–Crippen LogP) is 1.48. The van der Waals surface area contributed by atoms with Gasteiger partial charge in [0.25, 0.3) is 0 Å². The first-order valence-corrected chi connectivity index (χ1v) is 4.03. The topological polar surface area (TPSA) is 12.0 Å². The monoisotopic (exact) mass is 135 g/mol. The van der Waals surface area contributed by atoms with Gasteiger partial charge in [-0.2, -0.15) is 0 Å². The highest BCUT2D eigenvalue weighted by Crippen LogP contribution is 2.22. The highest BCUT2D eigenvalue weighted by Gasteiger charge is 2.20. The Balaban J connectivity index is 2.01. The molecule has 0 saturated carbocycles. The molecule has 2 rings (SSSR count). The molecule has 0 aromatic rings. The summed E-state index contributed by atoms with van der Waals surface area (Å²) >= 11 is 0. The van der Waals surface area contributed by atoms with E-state index in [4.69, 9.17) is 0 Å². The standard InChI is InChI=1S/C9H13N/c1-2-4-8(5-3-1)9-6-10-7-9/h1-2,4,9-10H,3,5-7H2. The van der Waals surface area contributed by atoms with Crippen LogP contribution in [0.25, 0.3) is 0 Å². The van der Waals surface area contributed by atoms with E-state index in [-0.39, 0.29) is 0 Å². The molecule has 54 valence electrons. The molecule has 2 aliphatic rings. The van der Waals surface area contributed by atoms with Crippen LogP contribution >= 0.6 is 0 Å². The van der Waals surface area contributed by atoms with Gasteiger partial charge in [-0.05, 0) is 12.8 Å². The Kier molecular flexibility index (Phi) is 1.60. The van der Waals surface area contributed by atoms with Crippen LogP contribution in [0.4, 0.5) is 0 Å². The molecule has 1 heterocycles. The van der Waals surface area contributed by atoms with Gasteiger partial charge in [-0.3, -0.25) is 0 Å². The summed E-state index contributed by atoms with van der Waals surface area (Å²) in [4.78, 5) is 0. The number of hydrogen-bond acceptors (Lipinski definition) is 1. The first-order valence-electron chi connectivity index (χ1n) is 4.03. The Morgan fingerprint density at radius 2 is 2.30 bits per heavy atom. The van der Waals surface area contributed by atoms with Crippen molar-refractivity contribution in [1.82, 2.24) is 5.32 Å². The van der Waals surface area contributed by atoms with E-state index in [1.54, 1.807) is 5.57 Å². The Labute approximate surface area is 61.8 Å². The zero-order valence-corrected chi connectivity index (χ0v) is 6.14. The van der Waals surface area contributed by atoms with E-state index >= 15 is 0 Å².